The molecule has 0 radical (unpaired) electrons. The molecule has 2 aliphatic heterocycles. The average Bonchev–Trinajstić information content (AvgIpc) is 3.53. The zero-order valence-electron chi connectivity index (χ0n) is 18.8. The molecular weight excluding hydrogens is 488 g/mol. The first-order valence-corrected chi connectivity index (χ1v) is 12.1. The van der Waals surface area contributed by atoms with Crippen molar-refractivity contribution < 1.29 is 19.1 Å². The van der Waals surface area contributed by atoms with E-state index in [-0.39, 0.29) is 23.4 Å². The lowest BCUT2D eigenvalue weighted by Gasteiger charge is -2.16. The summed E-state index contributed by atoms with van der Waals surface area (Å²) >= 11 is 7.06. The lowest BCUT2D eigenvalue weighted by atomic mass is 10.1. The van der Waals surface area contributed by atoms with Gasteiger partial charge in [-0.2, -0.15) is 0 Å². The molecule has 2 aromatic carbocycles. The monoisotopic (exact) mass is 508 g/mol. The first-order chi connectivity index (χ1) is 16.9. The second-order valence-corrected chi connectivity index (χ2v) is 9.85. The van der Waals surface area contributed by atoms with E-state index in [9.17, 15) is 14.4 Å². The second-order valence-electron chi connectivity index (χ2n) is 8.14. The zero-order valence-corrected chi connectivity index (χ0v) is 20.4. The van der Waals surface area contributed by atoms with Gasteiger partial charge in [-0.15, -0.1) is 11.3 Å². The van der Waals surface area contributed by atoms with Crippen molar-refractivity contribution in [3.8, 4) is 5.75 Å². The third-order valence-electron chi connectivity index (χ3n) is 5.82. The smallest absolute Gasteiger partial charge is 0.265 e. The highest BCUT2D eigenvalue weighted by Crippen LogP contribution is 2.32. The summed E-state index contributed by atoms with van der Waals surface area (Å²) in [6, 6.07) is 15.4. The molecule has 0 saturated heterocycles. The number of hydrogen-bond donors (Lipinski definition) is 1. The number of carbonyl (C=O) groups excluding carboxylic acids is 3. The van der Waals surface area contributed by atoms with Crippen LogP contribution in [0.3, 0.4) is 0 Å². The topological polar surface area (TPSA) is 91.3 Å². The zero-order chi connectivity index (χ0) is 24.5. The minimum absolute atomic E-state index is 0.0817. The molecule has 0 aliphatic carbocycles. The molecule has 178 valence electrons. The number of likely N-dealkylation sites (N-methyl/N-ethyl adjacent to an activating group) is 1. The van der Waals surface area contributed by atoms with Gasteiger partial charge < -0.3 is 15.0 Å². The van der Waals surface area contributed by atoms with Crippen LogP contribution < -0.4 is 10.1 Å². The Balaban J connectivity index is 1.32. The van der Waals surface area contributed by atoms with Crippen molar-refractivity contribution in [1.29, 1.82) is 0 Å². The Hall–Kier alpha value is -3.69. The van der Waals surface area contributed by atoms with Crippen LogP contribution in [-0.4, -0.2) is 60.1 Å². The van der Waals surface area contributed by atoms with Crippen molar-refractivity contribution in [2.24, 2.45) is 4.99 Å². The number of halogens is 1. The molecule has 0 atom stereocenters. The summed E-state index contributed by atoms with van der Waals surface area (Å²) in [7, 11) is 1.97. The van der Waals surface area contributed by atoms with E-state index >= 15 is 0 Å². The fourth-order valence-electron chi connectivity index (χ4n) is 4.00. The third-order valence-corrected chi connectivity index (χ3v) is 7.05. The molecule has 0 saturated carbocycles. The Morgan fingerprint density at radius 3 is 2.71 bits per heavy atom. The van der Waals surface area contributed by atoms with E-state index in [2.05, 4.69) is 10.3 Å². The molecule has 3 heterocycles. The minimum atomic E-state index is -0.460. The molecule has 3 aromatic rings. The molecule has 3 amide bonds. The number of rotatable bonds is 7. The van der Waals surface area contributed by atoms with Crippen LogP contribution in [0.1, 0.15) is 36.0 Å². The SMILES string of the molecule is CN1CCN=C1COc1cccc(CN2C(=O)c3cccc(NC(=O)c4ccc(Cl)s4)c3C2=O)c1. The van der Waals surface area contributed by atoms with E-state index < -0.39 is 17.7 Å². The molecule has 35 heavy (non-hydrogen) atoms. The highest BCUT2D eigenvalue weighted by atomic mass is 35.5. The third kappa shape index (κ3) is 4.65. The molecule has 0 bridgehead atoms. The van der Waals surface area contributed by atoms with Crippen LogP contribution in [0.25, 0.3) is 0 Å². The van der Waals surface area contributed by atoms with Gasteiger partial charge in [0.2, 0.25) is 0 Å². The van der Waals surface area contributed by atoms with Crippen molar-refractivity contribution in [3.63, 3.8) is 0 Å². The first kappa shape index (κ1) is 23.1. The quantitative estimate of drug-likeness (QED) is 0.484. The van der Waals surface area contributed by atoms with E-state index in [0.29, 0.717) is 21.6 Å². The maximum atomic E-state index is 13.3. The van der Waals surface area contributed by atoms with Crippen molar-refractivity contribution in [2.45, 2.75) is 6.54 Å². The predicted molar refractivity (Wildman–Crippen MR) is 135 cm³/mol. The lowest BCUT2D eigenvalue weighted by Crippen LogP contribution is -2.29. The number of carbonyl (C=O) groups is 3. The fourth-order valence-corrected chi connectivity index (χ4v) is 4.94. The number of amides is 3. The Labute approximate surface area is 210 Å². The van der Waals surface area contributed by atoms with Gasteiger partial charge in [0.1, 0.15) is 18.2 Å². The van der Waals surface area contributed by atoms with E-state index in [1.165, 1.54) is 4.90 Å². The Bertz CT molecular complexity index is 1370. The van der Waals surface area contributed by atoms with Crippen LogP contribution in [0.15, 0.2) is 59.6 Å². The van der Waals surface area contributed by atoms with Gasteiger partial charge in [-0.25, -0.2) is 0 Å². The molecule has 0 fully saturated rings. The average molecular weight is 509 g/mol. The van der Waals surface area contributed by atoms with Crippen LogP contribution in [0.2, 0.25) is 4.34 Å². The number of imide groups is 1. The summed E-state index contributed by atoms with van der Waals surface area (Å²) in [4.78, 5) is 47.0. The molecule has 1 N–H and O–H groups in total. The van der Waals surface area contributed by atoms with Crippen molar-refractivity contribution in [1.82, 2.24) is 9.80 Å². The molecule has 1 aromatic heterocycles. The number of nitrogens with one attached hydrogen (secondary N) is 1. The van der Waals surface area contributed by atoms with Crippen LogP contribution in [0.5, 0.6) is 5.75 Å². The normalized spacial score (nSPS) is 14.9. The summed E-state index contributed by atoms with van der Waals surface area (Å²) in [5, 5.41) is 2.74. The van der Waals surface area contributed by atoms with Crippen LogP contribution in [0, 0.1) is 0 Å². The lowest BCUT2D eigenvalue weighted by molar-refractivity contribution is 0.0642. The van der Waals surface area contributed by atoms with Gasteiger partial charge in [-0.3, -0.25) is 24.3 Å². The van der Waals surface area contributed by atoms with Gasteiger partial charge in [-0.05, 0) is 42.0 Å². The molecule has 0 unspecified atom stereocenters. The van der Waals surface area contributed by atoms with Crippen LogP contribution >= 0.6 is 22.9 Å². The number of aliphatic imine (C=N–C) groups is 1. The highest BCUT2D eigenvalue weighted by molar-refractivity contribution is 7.18. The molecule has 10 heteroatoms. The number of hydrogen-bond acceptors (Lipinski definition) is 7. The van der Waals surface area contributed by atoms with Crippen LogP contribution in [0.4, 0.5) is 5.69 Å². The Morgan fingerprint density at radius 2 is 1.97 bits per heavy atom. The van der Waals surface area contributed by atoms with E-state index in [1.807, 2.05) is 36.2 Å². The van der Waals surface area contributed by atoms with E-state index in [1.54, 1.807) is 30.3 Å². The van der Waals surface area contributed by atoms with Gasteiger partial charge in [0, 0.05) is 13.6 Å². The highest BCUT2D eigenvalue weighted by Gasteiger charge is 2.37. The number of fused-ring (bicyclic) bond motifs is 1. The predicted octanol–water partition coefficient (Wildman–Crippen LogP) is 4.17. The van der Waals surface area contributed by atoms with E-state index in [4.69, 9.17) is 16.3 Å². The number of anilines is 1. The number of ether oxygens (including phenoxy) is 1. The summed E-state index contributed by atoms with van der Waals surface area (Å²) in [5.41, 5.74) is 1.48. The van der Waals surface area contributed by atoms with Gasteiger partial charge >= 0.3 is 0 Å². The molecule has 5 rings (SSSR count). The molecule has 0 spiro atoms. The van der Waals surface area contributed by atoms with E-state index in [0.717, 1.165) is 35.8 Å². The molecular formula is C25H21ClN4O4S. The second kappa shape index (κ2) is 9.52. The maximum absolute atomic E-state index is 13.3. The van der Waals surface area contributed by atoms with Gasteiger partial charge in [0.15, 0.2) is 0 Å². The number of benzene rings is 2. The van der Waals surface area contributed by atoms with Crippen molar-refractivity contribution in [2.75, 3.05) is 32.1 Å². The standard InChI is InChI=1S/C25H21ClN4O4S/c1-29-11-10-27-21(29)14-34-16-5-2-4-15(12-16)13-30-24(32)17-6-3-7-18(22(17)25(30)33)28-23(31)19-8-9-20(26)35-19/h2-9,12H,10-11,13-14H2,1H3,(H,28,31). The summed E-state index contributed by atoms with van der Waals surface area (Å²) in [6.45, 7) is 2.07. The van der Waals surface area contributed by atoms with Crippen molar-refractivity contribution in [3.05, 3.63) is 80.5 Å². The first-order valence-electron chi connectivity index (χ1n) is 10.9. The molecule has 2 aliphatic rings. The van der Waals surface area contributed by atoms with Gasteiger partial charge in [0.25, 0.3) is 17.7 Å². The number of nitrogens with zero attached hydrogens (tertiary/aromatic N) is 3. The fraction of sp³-hybridized carbons (Fsp3) is 0.200. The Morgan fingerprint density at radius 1 is 1.14 bits per heavy atom. The van der Waals surface area contributed by atoms with Gasteiger partial charge in [-0.1, -0.05) is 29.8 Å². The number of thiophene rings is 1. The van der Waals surface area contributed by atoms with Crippen molar-refractivity contribution >= 4 is 52.2 Å². The summed E-state index contributed by atoms with van der Waals surface area (Å²) in [6.07, 6.45) is 0. The minimum Gasteiger partial charge on any atom is -0.486 e. The summed E-state index contributed by atoms with van der Waals surface area (Å²) in [5.74, 6) is 0.253. The van der Waals surface area contributed by atoms with Crippen LogP contribution in [-0.2, 0) is 6.54 Å². The number of amidine groups is 1. The Kier molecular flexibility index (Phi) is 6.27. The van der Waals surface area contributed by atoms with Gasteiger partial charge in [0.05, 0.1) is 39.1 Å². The summed E-state index contributed by atoms with van der Waals surface area (Å²) < 4.78 is 6.36. The maximum Gasteiger partial charge on any atom is 0.265 e. The molecule has 8 nitrogen and oxygen atoms in total. The largest absolute Gasteiger partial charge is 0.486 e.